The van der Waals surface area contributed by atoms with Crippen LogP contribution in [0, 0.1) is 0 Å². The number of carbonyl (C=O) groups is 2. The first-order chi connectivity index (χ1) is 7.20. The maximum absolute atomic E-state index is 11.4. The molecule has 84 valence electrons. The van der Waals surface area contributed by atoms with Crippen LogP contribution in [-0.2, 0) is 9.59 Å². The number of allylic oxidation sites excluding steroid dienone is 2. The topological polar surface area (TPSA) is 54.4 Å². The van der Waals surface area contributed by atoms with Crippen LogP contribution in [0.5, 0.6) is 0 Å². The molecule has 0 aliphatic heterocycles. The Bertz CT molecular complexity index is 266. The molecule has 1 aliphatic carbocycles. The molecule has 0 aromatic carbocycles. The van der Waals surface area contributed by atoms with E-state index in [0.717, 1.165) is 44.1 Å². The number of carboxylic acid groups (broad SMARTS) is 1. The molecule has 0 saturated heterocycles. The summed E-state index contributed by atoms with van der Waals surface area (Å²) in [5.74, 6) is -0.442. The van der Waals surface area contributed by atoms with Crippen molar-refractivity contribution in [1.82, 2.24) is 0 Å². The van der Waals surface area contributed by atoms with Crippen molar-refractivity contribution >= 4 is 11.8 Å². The zero-order valence-electron chi connectivity index (χ0n) is 9.00. The number of Topliss-reactive ketones (excluding diaryl/α,β-unsaturated/α-hetero) is 1. The lowest BCUT2D eigenvalue weighted by Gasteiger charge is -2.10. The second-order valence-corrected chi connectivity index (χ2v) is 4.00. The lowest BCUT2D eigenvalue weighted by molar-refractivity contribution is -0.137. The lowest BCUT2D eigenvalue weighted by atomic mass is 9.94. The van der Waals surface area contributed by atoms with Gasteiger partial charge in [-0.15, -0.1) is 0 Å². The van der Waals surface area contributed by atoms with Crippen LogP contribution in [0.4, 0.5) is 0 Å². The SMILES string of the molecule is O=C(O)CCCCCC1=CCCCC1=O. The van der Waals surface area contributed by atoms with Crippen LogP contribution >= 0.6 is 0 Å². The van der Waals surface area contributed by atoms with Gasteiger partial charge >= 0.3 is 5.97 Å². The van der Waals surface area contributed by atoms with E-state index in [9.17, 15) is 9.59 Å². The van der Waals surface area contributed by atoms with Gasteiger partial charge < -0.3 is 5.11 Å². The van der Waals surface area contributed by atoms with E-state index in [1.165, 1.54) is 0 Å². The molecule has 0 unspecified atom stereocenters. The van der Waals surface area contributed by atoms with Crippen LogP contribution in [0.25, 0.3) is 0 Å². The summed E-state index contributed by atoms with van der Waals surface area (Å²) in [5, 5.41) is 8.44. The van der Waals surface area contributed by atoms with Gasteiger partial charge in [-0.3, -0.25) is 9.59 Å². The molecule has 0 bridgehead atoms. The first kappa shape index (κ1) is 12.0. The third kappa shape index (κ3) is 4.77. The summed E-state index contributed by atoms with van der Waals surface area (Å²) in [4.78, 5) is 21.7. The third-order valence-electron chi connectivity index (χ3n) is 2.69. The predicted octanol–water partition coefficient (Wildman–Crippen LogP) is 2.70. The molecule has 0 aromatic rings. The summed E-state index contributed by atoms with van der Waals surface area (Å²) in [6.07, 6.45) is 8.38. The van der Waals surface area contributed by atoms with Gasteiger partial charge in [0.25, 0.3) is 0 Å². The fraction of sp³-hybridized carbons (Fsp3) is 0.667. The molecule has 0 fully saturated rings. The zero-order valence-corrected chi connectivity index (χ0v) is 9.00. The maximum atomic E-state index is 11.4. The minimum absolute atomic E-state index is 0.243. The Morgan fingerprint density at radius 2 is 2.13 bits per heavy atom. The second kappa shape index (κ2) is 6.38. The highest BCUT2D eigenvalue weighted by Gasteiger charge is 2.12. The molecule has 15 heavy (non-hydrogen) atoms. The van der Waals surface area contributed by atoms with Gasteiger partial charge in [-0.2, -0.15) is 0 Å². The Morgan fingerprint density at radius 1 is 1.33 bits per heavy atom. The van der Waals surface area contributed by atoms with E-state index in [0.29, 0.717) is 12.2 Å². The number of hydrogen-bond acceptors (Lipinski definition) is 2. The number of carboxylic acids is 1. The third-order valence-corrected chi connectivity index (χ3v) is 2.69. The molecule has 0 atom stereocenters. The van der Waals surface area contributed by atoms with Gasteiger partial charge in [-0.1, -0.05) is 12.5 Å². The largest absolute Gasteiger partial charge is 0.481 e. The van der Waals surface area contributed by atoms with E-state index >= 15 is 0 Å². The molecule has 0 aromatic heterocycles. The van der Waals surface area contributed by atoms with Crippen LogP contribution in [0.1, 0.15) is 51.4 Å². The van der Waals surface area contributed by atoms with Crippen molar-refractivity contribution in [3.63, 3.8) is 0 Å². The first-order valence-corrected chi connectivity index (χ1v) is 5.64. The summed E-state index contributed by atoms with van der Waals surface area (Å²) in [6, 6.07) is 0. The summed E-state index contributed by atoms with van der Waals surface area (Å²) in [7, 11) is 0. The zero-order chi connectivity index (χ0) is 11.1. The Morgan fingerprint density at radius 3 is 2.80 bits per heavy atom. The Labute approximate surface area is 90.2 Å². The molecule has 1 N–H and O–H groups in total. The van der Waals surface area contributed by atoms with Crippen LogP contribution < -0.4 is 0 Å². The van der Waals surface area contributed by atoms with Gasteiger partial charge in [-0.05, 0) is 37.7 Å². The molecule has 0 radical (unpaired) electrons. The van der Waals surface area contributed by atoms with Gasteiger partial charge in [-0.25, -0.2) is 0 Å². The van der Waals surface area contributed by atoms with Gasteiger partial charge in [0.05, 0.1) is 0 Å². The van der Waals surface area contributed by atoms with Crippen molar-refractivity contribution in [2.75, 3.05) is 0 Å². The monoisotopic (exact) mass is 210 g/mol. The highest BCUT2D eigenvalue weighted by molar-refractivity contribution is 5.95. The van der Waals surface area contributed by atoms with Gasteiger partial charge in [0.2, 0.25) is 0 Å². The van der Waals surface area contributed by atoms with Crippen molar-refractivity contribution in [1.29, 1.82) is 0 Å². The molecule has 0 heterocycles. The minimum Gasteiger partial charge on any atom is -0.481 e. The van der Waals surface area contributed by atoms with Gasteiger partial charge in [0, 0.05) is 12.8 Å². The quantitative estimate of drug-likeness (QED) is 0.686. The number of carbonyl (C=O) groups excluding carboxylic acids is 1. The van der Waals surface area contributed by atoms with Gasteiger partial charge in [0.1, 0.15) is 0 Å². The van der Waals surface area contributed by atoms with Crippen molar-refractivity contribution in [3.8, 4) is 0 Å². The molecule has 1 rings (SSSR count). The van der Waals surface area contributed by atoms with Crippen molar-refractivity contribution in [3.05, 3.63) is 11.6 Å². The first-order valence-electron chi connectivity index (χ1n) is 5.64. The summed E-state index contributed by atoms with van der Waals surface area (Å²) >= 11 is 0. The van der Waals surface area contributed by atoms with Crippen LogP contribution in [0.15, 0.2) is 11.6 Å². The number of unbranched alkanes of at least 4 members (excludes halogenated alkanes) is 2. The van der Waals surface area contributed by atoms with Crippen molar-refractivity contribution in [2.45, 2.75) is 51.4 Å². The molecule has 3 heteroatoms. The van der Waals surface area contributed by atoms with E-state index in [4.69, 9.17) is 5.11 Å². The second-order valence-electron chi connectivity index (χ2n) is 4.00. The summed E-state index contributed by atoms with van der Waals surface area (Å²) in [6.45, 7) is 0. The highest BCUT2D eigenvalue weighted by Crippen LogP contribution is 2.19. The average Bonchev–Trinajstić information content (AvgIpc) is 2.20. The molecule has 1 aliphatic rings. The highest BCUT2D eigenvalue weighted by atomic mass is 16.4. The van der Waals surface area contributed by atoms with E-state index in [-0.39, 0.29) is 6.42 Å². The van der Waals surface area contributed by atoms with Crippen LogP contribution in [0.2, 0.25) is 0 Å². The predicted molar refractivity (Wildman–Crippen MR) is 57.7 cm³/mol. The molecule has 0 amide bonds. The normalized spacial score (nSPS) is 16.3. The van der Waals surface area contributed by atoms with E-state index < -0.39 is 5.97 Å². The number of ketones is 1. The Kier molecular flexibility index (Phi) is 5.08. The fourth-order valence-electron chi connectivity index (χ4n) is 1.82. The van der Waals surface area contributed by atoms with Crippen molar-refractivity contribution in [2.24, 2.45) is 0 Å². The van der Waals surface area contributed by atoms with E-state index in [1.54, 1.807) is 0 Å². The number of aliphatic carboxylic acids is 1. The van der Waals surface area contributed by atoms with Gasteiger partial charge in [0.15, 0.2) is 5.78 Å². The molecular weight excluding hydrogens is 192 g/mol. The smallest absolute Gasteiger partial charge is 0.303 e. The minimum atomic E-state index is -0.733. The van der Waals surface area contributed by atoms with Crippen LogP contribution in [0.3, 0.4) is 0 Å². The standard InChI is InChI=1S/C12H18O3/c13-11-8-5-4-7-10(11)6-2-1-3-9-12(14)15/h7H,1-6,8-9H2,(H,14,15). The summed E-state index contributed by atoms with van der Waals surface area (Å²) in [5.41, 5.74) is 0.969. The van der Waals surface area contributed by atoms with E-state index in [2.05, 4.69) is 0 Å². The summed E-state index contributed by atoms with van der Waals surface area (Å²) < 4.78 is 0. The number of rotatable bonds is 6. The molecular formula is C12H18O3. The van der Waals surface area contributed by atoms with Crippen LogP contribution in [-0.4, -0.2) is 16.9 Å². The molecule has 3 nitrogen and oxygen atoms in total. The van der Waals surface area contributed by atoms with E-state index in [1.807, 2.05) is 6.08 Å². The molecule has 0 spiro atoms. The average molecular weight is 210 g/mol. The lowest BCUT2D eigenvalue weighted by Crippen LogP contribution is -2.06. The fourth-order valence-corrected chi connectivity index (χ4v) is 1.82. The number of hydrogen-bond donors (Lipinski definition) is 1. The Hall–Kier alpha value is -1.12. The maximum Gasteiger partial charge on any atom is 0.303 e. The Balaban J connectivity index is 2.11. The molecule has 0 saturated carbocycles. The van der Waals surface area contributed by atoms with Crippen molar-refractivity contribution < 1.29 is 14.7 Å².